The van der Waals surface area contributed by atoms with Gasteiger partial charge in [-0.25, -0.2) is 9.97 Å². The van der Waals surface area contributed by atoms with Crippen LogP contribution in [0.15, 0.2) is 30.5 Å². The van der Waals surface area contributed by atoms with E-state index in [4.69, 9.17) is 4.74 Å². The van der Waals surface area contributed by atoms with Crippen molar-refractivity contribution in [3.63, 3.8) is 0 Å². The number of nitro benzene ring substituents is 1. The van der Waals surface area contributed by atoms with Crippen molar-refractivity contribution in [3.05, 3.63) is 51.8 Å². The quantitative estimate of drug-likeness (QED) is 0.613. The first-order chi connectivity index (χ1) is 8.58. The molecule has 0 atom stereocenters. The van der Waals surface area contributed by atoms with Gasteiger partial charge in [-0.05, 0) is 26.0 Å². The van der Waals surface area contributed by atoms with Gasteiger partial charge in [0.25, 0.3) is 0 Å². The molecule has 1 aromatic carbocycles. The summed E-state index contributed by atoms with van der Waals surface area (Å²) in [4.78, 5) is 18.5. The number of aromatic nitrogens is 2. The Morgan fingerprint density at radius 3 is 2.72 bits per heavy atom. The summed E-state index contributed by atoms with van der Waals surface area (Å²) in [6, 6.07) is 6.69. The van der Waals surface area contributed by atoms with Gasteiger partial charge in [-0.2, -0.15) is 0 Å². The van der Waals surface area contributed by atoms with Crippen molar-refractivity contribution in [2.24, 2.45) is 0 Å². The molecule has 1 aromatic heterocycles. The SMILES string of the molecule is Cc1ccnc(Oc2cccc(C)c2[N+](=O)[O-])n1. The summed E-state index contributed by atoms with van der Waals surface area (Å²) in [6.45, 7) is 3.45. The molecule has 2 aromatic rings. The van der Waals surface area contributed by atoms with Gasteiger partial charge in [0.05, 0.1) is 4.92 Å². The second kappa shape index (κ2) is 4.79. The molecular formula is C12H11N3O3. The number of para-hydroxylation sites is 1. The van der Waals surface area contributed by atoms with E-state index < -0.39 is 4.92 Å². The van der Waals surface area contributed by atoms with Gasteiger partial charge in [0.2, 0.25) is 5.75 Å². The first kappa shape index (κ1) is 12.0. The fourth-order valence-corrected chi connectivity index (χ4v) is 1.52. The number of ether oxygens (including phenoxy) is 1. The number of hydrogen-bond donors (Lipinski definition) is 0. The molecule has 0 unspecified atom stereocenters. The summed E-state index contributed by atoms with van der Waals surface area (Å²) < 4.78 is 5.37. The van der Waals surface area contributed by atoms with Gasteiger partial charge in [0.1, 0.15) is 0 Å². The van der Waals surface area contributed by atoms with Crippen molar-refractivity contribution in [3.8, 4) is 11.8 Å². The molecule has 0 radical (unpaired) electrons. The molecule has 0 saturated heterocycles. The first-order valence-electron chi connectivity index (χ1n) is 5.29. The molecule has 2 rings (SSSR count). The highest BCUT2D eigenvalue weighted by Crippen LogP contribution is 2.32. The third-order valence-electron chi connectivity index (χ3n) is 2.36. The van der Waals surface area contributed by atoms with Crippen molar-refractivity contribution >= 4 is 5.69 Å². The van der Waals surface area contributed by atoms with Crippen molar-refractivity contribution in [1.82, 2.24) is 9.97 Å². The fraction of sp³-hybridized carbons (Fsp3) is 0.167. The number of benzene rings is 1. The maximum absolute atomic E-state index is 11.0. The lowest BCUT2D eigenvalue weighted by atomic mass is 10.2. The van der Waals surface area contributed by atoms with Crippen molar-refractivity contribution in [2.45, 2.75) is 13.8 Å². The molecule has 6 nitrogen and oxygen atoms in total. The van der Waals surface area contributed by atoms with Crippen LogP contribution in [0.4, 0.5) is 5.69 Å². The number of nitro groups is 1. The highest BCUT2D eigenvalue weighted by molar-refractivity contribution is 5.52. The minimum absolute atomic E-state index is 0.0670. The Hall–Kier alpha value is -2.50. The van der Waals surface area contributed by atoms with E-state index in [-0.39, 0.29) is 17.4 Å². The average molecular weight is 245 g/mol. The van der Waals surface area contributed by atoms with Gasteiger partial charge < -0.3 is 4.74 Å². The predicted molar refractivity (Wildman–Crippen MR) is 64.7 cm³/mol. The van der Waals surface area contributed by atoms with Gasteiger partial charge in [-0.3, -0.25) is 10.1 Å². The summed E-state index contributed by atoms with van der Waals surface area (Å²) in [5.74, 6) is 0.144. The van der Waals surface area contributed by atoms with Crippen LogP contribution in [-0.4, -0.2) is 14.9 Å². The molecule has 0 saturated carbocycles. The zero-order valence-corrected chi connectivity index (χ0v) is 9.95. The maximum Gasteiger partial charge on any atom is 0.322 e. The number of aryl methyl sites for hydroxylation is 2. The Kier molecular flexibility index (Phi) is 3.18. The smallest absolute Gasteiger partial charge is 0.322 e. The van der Waals surface area contributed by atoms with Crippen LogP contribution in [0.5, 0.6) is 11.8 Å². The molecule has 0 N–H and O–H groups in total. The number of hydrogen-bond acceptors (Lipinski definition) is 5. The van der Waals surface area contributed by atoms with Gasteiger partial charge in [-0.1, -0.05) is 12.1 Å². The third-order valence-corrected chi connectivity index (χ3v) is 2.36. The standard InChI is InChI=1S/C12H11N3O3/c1-8-4-3-5-10(11(8)15(16)17)18-12-13-7-6-9(2)14-12/h3-7H,1-2H3. The van der Waals surface area contributed by atoms with Crippen molar-refractivity contribution < 1.29 is 9.66 Å². The third kappa shape index (κ3) is 2.42. The highest BCUT2D eigenvalue weighted by Gasteiger charge is 2.19. The van der Waals surface area contributed by atoms with E-state index in [0.29, 0.717) is 5.56 Å². The zero-order chi connectivity index (χ0) is 13.1. The molecule has 0 aliphatic heterocycles. The molecule has 0 bridgehead atoms. The van der Waals surface area contributed by atoms with Crippen LogP contribution >= 0.6 is 0 Å². The van der Waals surface area contributed by atoms with E-state index in [2.05, 4.69) is 9.97 Å². The molecule has 6 heteroatoms. The van der Waals surface area contributed by atoms with E-state index in [1.165, 1.54) is 6.07 Å². The number of nitrogens with zero attached hydrogens (tertiary/aromatic N) is 3. The molecule has 18 heavy (non-hydrogen) atoms. The van der Waals surface area contributed by atoms with Gasteiger partial charge in [0.15, 0.2) is 0 Å². The lowest BCUT2D eigenvalue weighted by Gasteiger charge is -2.06. The minimum Gasteiger partial charge on any atom is -0.417 e. The van der Waals surface area contributed by atoms with E-state index in [1.54, 1.807) is 38.2 Å². The van der Waals surface area contributed by atoms with E-state index in [1.807, 2.05) is 0 Å². The average Bonchev–Trinajstić information content (AvgIpc) is 2.28. The van der Waals surface area contributed by atoms with Crippen LogP contribution in [0.25, 0.3) is 0 Å². The van der Waals surface area contributed by atoms with Gasteiger partial charge in [-0.15, -0.1) is 0 Å². The normalized spacial score (nSPS) is 10.1. The lowest BCUT2D eigenvalue weighted by Crippen LogP contribution is -1.98. The summed E-state index contributed by atoms with van der Waals surface area (Å²) >= 11 is 0. The molecular weight excluding hydrogens is 234 g/mol. The van der Waals surface area contributed by atoms with Crippen LogP contribution in [-0.2, 0) is 0 Å². The molecule has 1 heterocycles. The lowest BCUT2D eigenvalue weighted by molar-refractivity contribution is -0.386. The van der Waals surface area contributed by atoms with E-state index in [9.17, 15) is 10.1 Å². The molecule has 0 spiro atoms. The summed E-state index contributed by atoms with van der Waals surface area (Å²) in [5, 5.41) is 11.0. The second-order valence-electron chi connectivity index (χ2n) is 3.76. The van der Waals surface area contributed by atoms with Crippen LogP contribution in [0, 0.1) is 24.0 Å². The van der Waals surface area contributed by atoms with E-state index >= 15 is 0 Å². The van der Waals surface area contributed by atoms with E-state index in [0.717, 1.165) is 5.69 Å². The molecule has 92 valence electrons. The first-order valence-corrected chi connectivity index (χ1v) is 5.29. The molecule has 0 amide bonds. The maximum atomic E-state index is 11.0. The number of rotatable bonds is 3. The predicted octanol–water partition coefficient (Wildman–Crippen LogP) is 2.79. The minimum atomic E-state index is -0.472. The monoisotopic (exact) mass is 245 g/mol. The second-order valence-corrected chi connectivity index (χ2v) is 3.76. The van der Waals surface area contributed by atoms with Crippen LogP contribution in [0.3, 0.4) is 0 Å². The Bertz CT molecular complexity index is 599. The largest absolute Gasteiger partial charge is 0.417 e. The van der Waals surface area contributed by atoms with Crippen molar-refractivity contribution in [1.29, 1.82) is 0 Å². The van der Waals surface area contributed by atoms with Crippen LogP contribution in [0.2, 0.25) is 0 Å². The van der Waals surface area contributed by atoms with Crippen LogP contribution in [0.1, 0.15) is 11.3 Å². The fourth-order valence-electron chi connectivity index (χ4n) is 1.52. The summed E-state index contributed by atoms with van der Waals surface area (Å²) in [5.41, 5.74) is 1.20. The summed E-state index contributed by atoms with van der Waals surface area (Å²) in [7, 11) is 0. The Labute approximate surface area is 103 Å². The highest BCUT2D eigenvalue weighted by atomic mass is 16.6. The van der Waals surface area contributed by atoms with Crippen molar-refractivity contribution in [2.75, 3.05) is 0 Å². The molecule has 0 fully saturated rings. The topological polar surface area (TPSA) is 78.2 Å². The van der Waals surface area contributed by atoms with Crippen LogP contribution < -0.4 is 4.74 Å². The molecule has 0 aliphatic carbocycles. The Morgan fingerprint density at radius 2 is 2.06 bits per heavy atom. The Balaban J connectivity index is 2.40. The zero-order valence-electron chi connectivity index (χ0n) is 9.95. The Morgan fingerprint density at radius 1 is 1.28 bits per heavy atom. The van der Waals surface area contributed by atoms with Gasteiger partial charge >= 0.3 is 11.7 Å². The van der Waals surface area contributed by atoms with Gasteiger partial charge in [0, 0.05) is 17.5 Å². The summed E-state index contributed by atoms with van der Waals surface area (Å²) in [6.07, 6.45) is 1.54. The molecule has 0 aliphatic rings.